The van der Waals surface area contributed by atoms with Gasteiger partial charge in [-0.1, -0.05) is 17.8 Å². The molecule has 0 atom stereocenters. The number of benzene rings is 2. The van der Waals surface area contributed by atoms with Crippen LogP contribution in [0.15, 0.2) is 51.0 Å². The van der Waals surface area contributed by atoms with Gasteiger partial charge >= 0.3 is 0 Å². The Morgan fingerprint density at radius 2 is 1.89 bits per heavy atom. The van der Waals surface area contributed by atoms with Crippen LogP contribution < -0.4 is 14.8 Å². The van der Waals surface area contributed by atoms with E-state index in [0.29, 0.717) is 11.5 Å². The highest BCUT2D eigenvalue weighted by Gasteiger charge is 2.11. The quantitative estimate of drug-likeness (QED) is 0.582. The molecule has 146 valence electrons. The number of anilines is 1. The Labute approximate surface area is 173 Å². The smallest absolute Gasteiger partial charge is 0.228 e. The normalized spacial score (nSPS) is 10.6. The van der Waals surface area contributed by atoms with Crippen LogP contribution in [0.5, 0.6) is 11.5 Å². The van der Waals surface area contributed by atoms with E-state index in [0.717, 1.165) is 31.7 Å². The summed E-state index contributed by atoms with van der Waals surface area (Å²) in [5.41, 5.74) is 3.71. The van der Waals surface area contributed by atoms with Crippen molar-refractivity contribution in [2.45, 2.75) is 29.5 Å². The van der Waals surface area contributed by atoms with Gasteiger partial charge in [-0.15, -0.1) is 11.3 Å². The molecule has 3 aromatic rings. The van der Waals surface area contributed by atoms with Crippen LogP contribution in [0.3, 0.4) is 0 Å². The summed E-state index contributed by atoms with van der Waals surface area (Å²) in [4.78, 5) is 18.0. The van der Waals surface area contributed by atoms with Crippen LogP contribution in [-0.2, 0) is 11.2 Å². The molecule has 0 saturated heterocycles. The second-order valence-electron chi connectivity index (χ2n) is 6.25. The van der Waals surface area contributed by atoms with Gasteiger partial charge in [0.2, 0.25) is 5.91 Å². The average molecular weight is 415 g/mol. The molecule has 0 aliphatic heterocycles. The molecule has 1 amide bonds. The van der Waals surface area contributed by atoms with E-state index in [1.807, 2.05) is 43.5 Å². The molecule has 2 aromatic carbocycles. The zero-order chi connectivity index (χ0) is 20.1. The van der Waals surface area contributed by atoms with Gasteiger partial charge in [-0.2, -0.15) is 0 Å². The Morgan fingerprint density at radius 1 is 1.11 bits per heavy atom. The summed E-state index contributed by atoms with van der Waals surface area (Å²) in [7, 11) is 3.17. The van der Waals surface area contributed by atoms with E-state index in [-0.39, 0.29) is 12.3 Å². The minimum Gasteiger partial charge on any atom is -0.493 e. The third-order valence-corrected chi connectivity index (χ3v) is 6.13. The Bertz CT molecular complexity index is 986. The van der Waals surface area contributed by atoms with Crippen LogP contribution in [0.2, 0.25) is 0 Å². The van der Waals surface area contributed by atoms with Crippen molar-refractivity contribution in [3.63, 3.8) is 0 Å². The molecule has 0 saturated carbocycles. The highest BCUT2D eigenvalue weighted by atomic mass is 32.2. The number of rotatable bonds is 7. The molecule has 0 spiro atoms. The number of hydrogen-bond acceptors (Lipinski definition) is 6. The van der Waals surface area contributed by atoms with Gasteiger partial charge in [-0.3, -0.25) is 4.79 Å². The molecule has 0 unspecified atom stereocenters. The van der Waals surface area contributed by atoms with Crippen molar-refractivity contribution >= 4 is 34.7 Å². The Morgan fingerprint density at radius 3 is 2.54 bits per heavy atom. The van der Waals surface area contributed by atoms with Gasteiger partial charge in [-0.25, -0.2) is 4.98 Å². The minimum atomic E-state index is -0.0775. The molecule has 1 aromatic heterocycles. The Balaban J connectivity index is 1.65. The Hall–Kier alpha value is -2.51. The lowest BCUT2D eigenvalue weighted by atomic mass is 10.1. The van der Waals surface area contributed by atoms with E-state index in [2.05, 4.69) is 16.4 Å². The maximum atomic E-state index is 12.5. The van der Waals surface area contributed by atoms with E-state index in [1.54, 1.807) is 43.4 Å². The topological polar surface area (TPSA) is 60.5 Å². The number of nitrogens with one attached hydrogen (secondary N) is 1. The number of nitrogens with zero attached hydrogens (tertiary/aromatic N) is 1. The van der Waals surface area contributed by atoms with Crippen molar-refractivity contribution in [1.82, 2.24) is 4.98 Å². The van der Waals surface area contributed by atoms with Crippen LogP contribution in [0.4, 0.5) is 5.69 Å². The van der Waals surface area contributed by atoms with Gasteiger partial charge in [0.25, 0.3) is 0 Å². The molecule has 5 nitrogen and oxygen atoms in total. The average Bonchev–Trinajstić information content (AvgIpc) is 3.08. The maximum Gasteiger partial charge on any atom is 0.228 e. The monoisotopic (exact) mass is 414 g/mol. The number of carbonyl (C=O) groups is 1. The molecule has 1 N–H and O–H groups in total. The van der Waals surface area contributed by atoms with Gasteiger partial charge in [0.1, 0.15) is 0 Å². The van der Waals surface area contributed by atoms with Gasteiger partial charge < -0.3 is 14.8 Å². The van der Waals surface area contributed by atoms with Gasteiger partial charge in [-0.05, 0) is 55.3 Å². The first-order valence-electron chi connectivity index (χ1n) is 8.70. The van der Waals surface area contributed by atoms with E-state index in [9.17, 15) is 4.79 Å². The fourth-order valence-electron chi connectivity index (χ4n) is 2.69. The van der Waals surface area contributed by atoms with Crippen molar-refractivity contribution in [3.05, 3.63) is 58.6 Å². The largest absolute Gasteiger partial charge is 0.493 e. The molecule has 0 aliphatic carbocycles. The van der Waals surface area contributed by atoms with Crippen LogP contribution >= 0.6 is 23.1 Å². The highest BCUT2D eigenvalue weighted by Crippen LogP contribution is 2.32. The molecule has 0 aliphatic rings. The summed E-state index contributed by atoms with van der Waals surface area (Å²) < 4.78 is 11.5. The number of aromatic nitrogens is 1. The summed E-state index contributed by atoms with van der Waals surface area (Å²) in [5.74, 6) is 1.18. The van der Waals surface area contributed by atoms with E-state index in [1.165, 1.54) is 0 Å². The number of carbonyl (C=O) groups excluding carboxylic acids is 1. The lowest BCUT2D eigenvalue weighted by Gasteiger charge is -2.11. The first kappa shape index (κ1) is 20.2. The molecule has 7 heteroatoms. The summed E-state index contributed by atoms with van der Waals surface area (Å²) in [6, 6.07) is 11.5. The predicted octanol–water partition coefficient (Wildman–Crippen LogP) is 5.11. The first-order valence-corrected chi connectivity index (χ1v) is 10.4. The molecule has 0 radical (unpaired) electrons. The van der Waals surface area contributed by atoms with E-state index >= 15 is 0 Å². The van der Waals surface area contributed by atoms with Gasteiger partial charge in [0.05, 0.1) is 20.6 Å². The molecule has 0 fully saturated rings. The van der Waals surface area contributed by atoms with Crippen LogP contribution in [-0.4, -0.2) is 25.1 Å². The first-order chi connectivity index (χ1) is 13.5. The number of aryl methyl sites for hydroxylation is 2. The minimum absolute atomic E-state index is 0.0775. The maximum absolute atomic E-state index is 12.5. The standard InChI is InChI=1S/C21H22N2O3S2/c1-13-9-16(28-21-22-14(2)12-27-21)6-7-17(13)23-20(24)11-15-5-8-18(25-3)19(10-15)26-4/h5-10,12H,11H2,1-4H3,(H,23,24). The van der Waals surface area contributed by atoms with Crippen molar-refractivity contribution < 1.29 is 14.3 Å². The van der Waals surface area contributed by atoms with Crippen molar-refractivity contribution in [2.75, 3.05) is 19.5 Å². The van der Waals surface area contributed by atoms with Gasteiger partial charge in [0.15, 0.2) is 15.8 Å². The lowest BCUT2D eigenvalue weighted by Crippen LogP contribution is -2.15. The lowest BCUT2D eigenvalue weighted by molar-refractivity contribution is -0.115. The number of amides is 1. The number of hydrogen-bond donors (Lipinski definition) is 1. The zero-order valence-corrected chi connectivity index (χ0v) is 17.9. The molecule has 28 heavy (non-hydrogen) atoms. The second kappa shape index (κ2) is 9.12. The van der Waals surface area contributed by atoms with E-state index < -0.39 is 0 Å². The van der Waals surface area contributed by atoms with E-state index in [4.69, 9.17) is 9.47 Å². The number of thiazole rings is 1. The summed E-state index contributed by atoms with van der Waals surface area (Å²) in [5, 5.41) is 5.03. The molecule has 0 bridgehead atoms. The zero-order valence-electron chi connectivity index (χ0n) is 16.2. The van der Waals surface area contributed by atoms with Crippen LogP contribution in [0, 0.1) is 13.8 Å². The van der Waals surface area contributed by atoms with Crippen molar-refractivity contribution in [2.24, 2.45) is 0 Å². The third-order valence-electron chi connectivity index (χ3n) is 4.09. The number of ether oxygens (including phenoxy) is 2. The fraction of sp³-hybridized carbons (Fsp3) is 0.238. The predicted molar refractivity (Wildman–Crippen MR) is 114 cm³/mol. The molecule has 3 rings (SSSR count). The molecular weight excluding hydrogens is 392 g/mol. The highest BCUT2D eigenvalue weighted by molar-refractivity contribution is 8.01. The van der Waals surface area contributed by atoms with Crippen LogP contribution in [0.25, 0.3) is 0 Å². The number of methoxy groups -OCH3 is 2. The van der Waals surface area contributed by atoms with Crippen LogP contribution in [0.1, 0.15) is 16.8 Å². The molecular formula is C21H22N2O3S2. The summed E-state index contributed by atoms with van der Waals surface area (Å²) in [6.45, 7) is 3.98. The fourth-order valence-corrected chi connectivity index (χ4v) is 4.60. The summed E-state index contributed by atoms with van der Waals surface area (Å²) in [6.07, 6.45) is 0.259. The Kier molecular flexibility index (Phi) is 6.59. The molecule has 1 heterocycles. The summed E-state index contributed by atoms with van der Waals surface area (Å²) >= 11 is 3.26. The van der Waals surface area contributed by atoms with Crippen molar-refractivity contribution in [3.8, 4) is 11.5 Å². The second-order valence-corrected chi connectivity index (χ2v) is 8.43. The van der Waals surface area contributed by atoms with Gasteiger partial charge in [0, 0.05) is 21.7 Å². The third kappa shape index (κ3) is 5.05. The van der Waals surface area contributed by atoms with Crippen molar-refractivity contribution in [1.29, 1.82) is 0 Å². The SMILES string of the molecule is COc1ccc(CC(=O)Nc2ccc(Sc3nc(C)cs3)cc2C)cc1OC.